The van der Waals surface area contributed by atoms with Crippen LogP contribution in [0.3, 0.4) is 0 Å². The fraction of sp³-hybridized carbons (Fsp3) is 0.267. The molecule has 1 aromatic heterocycles. The van der Waals surface area contributed by atoms with Crippen LogP contribution < -0.4 is 10.1 Å². The summed E-state index contributed by atoms with van der Waals surface area (Å²) in [6.45, 7) is 3.69. The highest BCUT2D eigenvalue weighted by molar-refractivity contribution is 7.11. The highest BCUT2D eigenvalue weighted by Gasteiger charge is 2.19. The van der Waals surface area contributed by atoms with Gasteiger partial charge in [0.2, 0.25) is 5.91 Å². The summed E-state index contributed by atoms with van der Waals surface area (Å²) in [6, 6.07) is 5.29. The molecule has 1 amide bonds. The molecule has 3 rings (SSSR count). The number of aryl methyl sites for hydroxylation is 3. The van der Waals surface area contributed by atoms with Gasteiger partial charge in [0.15, 0.2) is 5.69 Å². The summed E-state index contributed by atoms with van der Waals surface area (Å²) in [5, 5.41) is 3.62. The van der Waals surface area contributed by atoms with Crippen LogP contribution in [0.15, 0.2) is 18.2 Å². The molecule has 0 fully saturated rings. The van der Waals surface area contributed by atoms with Gasteiger partial charge in [-0.15, -0.1) is 11.3 Å². The quantitative estimate of drug-likeness (QED) is 0.684. The van der Waals surface area contributed by atoms with Crippen molar-refractivity contribution in [3.8, 4) is 5.75 Å². The number of anilines is 1. The molecule has 0 saturated heterocycles. The third-order valence-corrected chi connectivity index (χ3v) is 4.17. The molecule has 0 spiro atoms. The van der Waals surface area contributed by atoms with Gasteiger partial charge in [0.1, 0.15) is 5.75 Å². The number of aromatic nitrogens is 1. The van der Waals surface area contributed by atoms with Gasteiger partial charge in [0.25, 0.3) is 0 Å². The average Bonchev–Trinajstić information content (AvgIpc) is 2.77. The van der Waals surface area contributed by atoms with Crippen LogP contribution in [0.4, 0.5) is 5.69 Å². The van der Waals surface area contributed by atoms with Crippen molar-refractivity contribution in [3.05, 3.63) is 39.3 Å². The summed E-state index contributed by atoms with van der Waals surface area (Å²) in [7, 11) is 0. The summed E-state index contributed by atoms with van der Waals surface area (Å²) in [6.07, 6.45) is 1.20. The van der Waals surface area contributed by atoms with Gasteiger partial charge >= 0.3 is 5.97 Å². The third kappa shape index (κ3) is 2.80. The predicted molar refractivity (Wildman–Crippen MR) is 79.9 cm³/mol. The molecule has 0 unspecified atom stereocenters. The van der Waals surface area contributed by atoms with E-state index in [9.17, 15) is 9.59 Å². The van der Waals surface area contributed by atoms with Gasteiger partial charge < -0.3 is 10.1 Å². The topological polar surface area (TPSA) is 68.3 Å². The largest absolute Gasteiger partial charge is 0.422 e. The van der Waals surface area contributed by atoms with E-state index in [1.54, 1.807) is 12.1 Å². The van der Waals surface area contributed by atoms with E-state index < -0.39 is 5.97 Å². The maximum atomic E-state index is 12.1. The number of ether oxygens (including phenoxy) is 1. The molecule has 2 heterocycles. The lowest BCUT2D eigenvalue weighted by molar-refractivity contribution is -0.116. The molecule has 0 saturated carbocycles. The molecule has 6 heteroatoms. The smallest absolute Gasteiger partial charge is 0.363 e. The van der Waals surface area contributed by atoms with E-state index in [1.807, 2.05) is 19.9 Å². The summed E-state index contributed by atoms with van der Waals surface area (Å²) in [4.78, 5) is 28.5. The van der Waals surface area contributed by atoms with Crippen molar-refractivity contribution in [2.45, 2.75) is 26.7 Å². The Kier molecular flexibility index (Phi) is 3.47. The fourth-order valence-electron chi connectivity index (χ4n) is 2.29. The summed E-state index contributed by atoms with van der Waals surface area (Å²) >= 11 is 1.46. The molecular formula is C15H14N2O3S. The van der Waals surface area contributed by atoms with Crippen molar-refractivity contribution in [2.24, 2.45) is 0 Å². The number of hydrogen-bond acceptors (Lipinski definition) is 5. The molecule has 21 heavy (non-hydrogen) atoms. The number of nitrogens with one attached hydrogen (secondary N) is 1. The number of amides is 1. The standard InChI is InChI=1S/C15H14N2O3S/c1-8-14(16-9(2)21-8)15(19)20-11-5-3-10-4-6-13(18)17-12(10)7-11/h3,5,7H,4,6H2,1-2H3,(H,17,18). The van der Waals surface area contributed by atoms with E-state index in [4.69, 9.17) is 4.74 Å². The van der Waals surface area contributed by atoms with Crippen LogP contribution in [0, 0.1) is 13.8 Å². The number of benzene rings is 1. The second kappa shape index (κ2) is 5.29. The maximum absolute atomic E-state index is 12.1. The van der Waals surface area contributed by atoms with Gasteiger partial charge in [0.05, 0.1) is 5.01 Å². The molecule has 108 valence electrons. The number of thiazole rings is 1. The first-order valence-corrected chi connectivity index (χ1v) is 7.43. The molecule has 1 aliphatic rings. The monoisotopic (exact) mass is 302 g/mol. The van der Waals surface area contributed by atoms with Crippen LogP contribution >= 0.6 is 11.3 Å². The lowest BCUT2D eigenvalue weighted by Crippen LogP contribution is -2.19. The SMILES string of the molecule is Cc1nc(C(=O)Oc2ccc3c(c2)NC(=O)CC3)c(C)s1. The summed E-state index contributed by atoms with van der Waals surface area (Å²) in [5.74, 6) is -0.0816. The van der Waals surface area contributed by atoms with E-state index in [2.05, 4.69) is 10.3 Å². The molecule has 0 bridgehead atoms. The molecule has 2 aromatic rings. The Hall–Kier alpha value is -2.21. The normalized spacial score (nSPS) is 13.5. The number of carbonyl (C=O) groups is 2. The van der Waals surface area contributed by atoms with Gasteiger partial charge in [-0.3, -0.25) is 4.79 Å². The predicted octanol–water partition coefficient (Wildman–Crippen LogP) is 2.86. The number of fused-ring (bicyclic) bond motifs is 1. The number of rotatable bonds is 2. The highest BCUT2D eigenvalue weighted by Crippen LogP contribution is 2.28. The first kappa shape index (κ1) is 13.8. The molecule has 1 N–H and O–H groups in total. The first-order chi connectivity index (χ1) is 10.0. The molecule has 1 aliphatic heterocycles. The van der Waals surface area contributed by atoms with Gasteiger partial charge in [-0.1, -0.05) is 6.07 Å². The molecule has 1 aromatic carbocycles. The van der Waals surface area contributed by atoms with E-state index in [1.165, 1.54) is 11.3 Å². The molecule has 0 aliphatic carbocycles. The second-order valence-electron chi connectivity index (χ2n) is 4.89. The Morgan fingerprint density at radius 2 is 2.14 bits per heavy atom. The van der Waals surface area contributed by atoms with Crippen molar-refractivity contribution in [3.63, 3.8) is 0 Å². The molecule has 5 nitrogen and oxygen atoms in total. The van der Waals surface area contributed by atoms with Crippen molar-refractivity contribution in [1.29, 1.82) is 0 Å². The van der Waals surface area contributed by atoms with Crippen molar-refractivity contribution in [1.82, 2.24) is 4.98 Å². The minimum Gasteiger partial charge on any atom is -0.422 e. The van der Waals surface area contributed by atoms with Crippen LogP contribution in [0.1, 0.15) is 32.4 Å². The van der Waals surface area contributed by atoms with Crippen LogP contribution in [-0.2, 0) is 11.2 Å². The maximum Gasteiger partial charge on any atom is 0.363 e. The van der Waals surface area contributed by atoms with Gasteiger partial charge in [-0.05, 0) is 31.9 Å². The van der Waals surface area contributed by atoms with Crippen molar-refractivity contribution >= 4 is 28.9 Å². The van der Waals surface area contributed by atoms with Crippen molar-refractivity contribution < 1.29 is 14.3 Å². The zero-order valence-corrected chi connectivity index (χ0v) is 12.5. The number of nitrogens with zero attached hydrogens (tertiary/aromatic N) is 1. The number of carbonyl (C=O) groups excluding carboxylic acids is 2. The second-order valence-corrected chi connectivity index (χ2v) is 6.30. The van der Waals surface area contributed by atoms with Gasteiger partial charge in [-0.2, -0.15) is 0 Å². The lowest BCUT2D eigenvalue weighted by Gasteiger charge is -2.17. The average molecular weight is 302 g/mol. The number of esters is 1. The Bertz CT molecular complexity index is 737. The van der Waals surface area contributed by atoms with E-state index in [0.717, 1.165) is 15.4 Å². The zero-order chi connectivity index (χ0) is 15.0. The Morgan fingerprint density at radius 1 is 1.33 bits per heavy atom. The molecule has 0 atom stereocenters. The van der Waals surface area contributed by atoms with Crippen LogP contribution in [0.2, 0.25) is 0 Å². The van der Waals surface area contributed by atoms with Crippen LogP contribution in [-0.4, -0.2) is 16.9 Å². The zero-order valence-electron chi connectivity index (χ0n) is 11.7. The van der Waals surface area contributed by atoms with Crippen LogP contribution in [0.25, 0.3) is 0 Å². The summed E-state index contributed by atoms with van der Waals surface area (Å²) < 4.78 is 5.35. The van der Waals surface area contributed by atoms with Crippen LogP contribution in [0.5, 0.6) is 5.75 Å². The minimum absolute atomic E-state index is 0.0167. The fourth-order valence-corrected chi connectivity index (χ4v) is 3.09. The van der Waals surface area contributed by atoms with E-state index in [0.29, 0.717) is 30.0 Å². The Morgan fingerprint density at radius 3 is 2.86 bits per heavy atom. The van der Waals surface area contributed by atoms with Gasteiger partial charge in [-0.25, -0.2) is 9.78 Å². The van der Waals surface area contributed by atoms with Crippen molar-refractivity contribution in [2.75, 3.05) is 5.32 Å². The lowest BCUT2D eigenvalue weighted by atomic mass is 10.0. The van der Waals surface area contributed by atoms with E-state index >= 15 is 0 Å². The number of hydrogen-bond donors (Lipinski definition) is 1. The minimum atomic E-state index is -0.473. The first-order valence-electron chi connectivity index (χ1n) is 6.62. The highest BCUT2D eigenvalue weighted by atomic mass is 32.1. The summed E-state index contributed by atoms with van der Waals surface area (Å²) in [5.41, 5.74) is 2.11. The Labute approximate surface area is 126 Å². The van der Waals surface area contributed by atoms with E-state index in [-0.39, 0.29) is 5.91 Å². The molecule has 0 radical (unpaired) electrons. The van der Waals surface area contributed by atoms with Gasteiger partial charge in [0, 0.05) is 23.1 Å². The third-order valence-electron chi connectivity index (χ3n) is 3.28. The molecular weight excluding hydrogens is 288 g/mol. The Balaban J connectivity index is 1.82.